The summed E-state index contributed by atoms with van der Waals surface area (Å²) in [6, 6.07) is 2.56. The second-order valence-electron chi connectivity index (χ2n) is 2.69. The smallest absolute Gasteiger partial charge is 0.415 e. The number of aromatic nitrogens is 1. The maximum Gasteiger partial charge on any atom is 0.439 e. The fourth-order valence-electron chi connectivity index (χ4n) is 0.976. The molecule has 0 spiro atoms. The summed E-state index contributed by atoms with van der Waals surface area (Å²) >= 11 is 0. The first-order valence-corrected chi connectivity index (χ1v) is 4.11. The van der Waals surface area contributed by atoms with Gasteiger partial charge in [0.1, 0.15) is 11.2 Å². The Kier molecular flexibility index (Phi) is 2.38. The second-order valence-corrected chi connectivity index (χ2v) is 2.69. The summed E-state index contributed by atoms with van der Waals surface area (Å²) in [5.74, 6) is -0.877. The summed E-state index contributed by atoms with van der Waals surface area (Å²) in [7, 11) is 0. The second kappa shape index (κ2) is 3.85. The molecule has 2 rings (SSSR count). The van der Waals surface area contributed by atoms with Crippen LogP contribution in [0.4, 0.5) is 5.88 Å². The van der Waals surface area contributed by atoms with E-state index in [2.05, 4.69) is 9.52 Å². The van der Waals surface area contributed by atoms with Gasteiger partial charge in [-0.2, -0.15) is 9.78 Å². The largest absolute Gasteiger partial charge is 0.439 e. The van der Waals surface area contributed by atoms with Crippen molar-refractivity contribution in [2.45, 2.75) is 0 Å². The minimum absolute atomic E-state index is 0.166. The van der Waals surface area contributed by atoms with Crippen LogP contribution in [-0.2, 0) is 0 Å². The highest BCUT2D eigenvalue weighted by Gasteiger charge is 2.10. The SMILES string of the molecule is O=c1occn1N=Cc1ccc([N+](=O)[O-])o1. The van der Waals surface area contributed by atoms with E-state index in [1.165, 1.54) is 30.8 Å². The molecule has 0 N–H and O–H groups in total. The van der Waals surface area contributed by atoms with Crippen molar-refractivity contribution in [1.29, 1.82) is 0 Å². The summed E-state index contributed by atoms with van der Waals surface area (Å²) in [4.78, 5) is 20.5. The Bertz CT molecular complexity index is 591. The van der Waals surface area contributed by atoms with Gasteiger partial charge in [-0.05, 0) is 6.07 Å². The first-order valence-electron chi connectivity index (χ1n) is 4.11. The molecule has 0 atom stereocenters. The highest BCUT2D eigenvalue weighted by Crippen LogP contribution is 2.13. The van der Waals surface area contributed by atoms with Crippen molar-refractivity contribution in [2.24, 2.45) is 5.10 Å². The standard InChI is InChI=1S/C8H5N3O5/c12-8-10(3-4-15-8)9-5-6-1-2-7(16-6)11(13)14/h1-5H. The molecular weight excluding hydrogens is 218 g/mol. The number of oxazole rings is 1. The summed E-state index contributed by atoms with van der Waals surface area (Å²) in [5, 5.41) is 14.0. The Balaban J connectivity index is 2.21. The lowest BCUT2D eigenvalue weighted by molar-refractivity contribution is -0.402. The molecule has 16 heavy (non-hydrogen) atoms. The van der Waals surface area contributed by atoms with Crippen molar-refractivity contribution in [3.05, 3.63) is 51.0 Å². The predicted molar refractivity (Wildman–Crippen MR) is 51.3 cm³/mol. The van der Waals surface area contributed by atoms with Crippen molar-refractivity contribution in [3.8, 4) is 0 Å². The number of rotatable bonds is 3. The zero-order valence-electron chi connectivity index (χ0n) is 7.77. The van der Waals surface area contributed by atoms with E-state index < -0.39 is 10.7 Å². The fraction of sp³-hybridized carbons (Fsp3) is 0. The van der Waals surface area contributed by atoms with E-state index in [0.29, 0.717) is 0 Å². The Hall–Kier alpha value is -2.64. The number of nitrogens with zero attached hydrogens (tertiary/aromatic N) is 3. The van der Waals surface area contributed by atoms with Crippen LogP contribution in [0.15, 0.2) is 43.3 Å². The summed E-state index contributed by atoms with van der Waals surface area (Å²) in [6.45, 7) is 0. The van der Waals surface area contributed by atoms with Gasteiger partial charge in [0.25, 0.3) is 0 Å². The lowest BCUT2D eigenvalue weighted by atomic mass is 10.5. The first-order chi connectivity index (χ1) is 7.66. The van der Waals surface area contributed by atoms with Gasteiger partial charge < -0.3 is 8.83 Å². The Morgan fingerprint density at radius 2 is 2.31 bits per heavy atom. The lowest BCUT2D eigenvalue weighted by Gasteiger charge is -1.85. The van der Waals surface area contributed by atoms with Crippen LogP contribution in [0.3, 0.4) is 0 Å². The van der Waals surface area contributed by atoms with Crippen molar-refractivity contribution >= 4 is 12.1 Å². The zero-order valence-corrected chi connectivity index (χ0v) is 7.77. The highest BCUT2D eigenvalue weighted by atomic mass is 16.6. The molecule has 2 aromatic heterocycles. The van der Waals surface area contributed by atoms with Gasteiger partial charge in [0.2, 0.25) is 0 Å². The van der Waals surface area contributed by atoms with Crippen LogP contribution >= 0.6 is 0 Å². The molecular formula is C8H5N3O5. The average Bonchev–Trinajstić information content (AvgIpc) is 2.83. The molecule has 2 heterocycles. The molecule has 0 aliphatic rings. The Labute approximate surface area is 87.6 Å². The number of hydrogen-bond donors (Lipinski definition) is 0. The van der Waals surface area contributed by atoms with Gasteiger partial charge >= 0.3 is 11.6 Å². The van der Waals surface area contributed by atoms with E-state index in [-0.39, 0.29) is 11.6 Å². The monoisotopic (exact) mass is 223 g/mol. The quantitative estimate of drug-likeness (QED) is 0.435. The number of hydrogen-bond acceptors (Lipinski definition) is 6. The van der Waals surface area contributed by atoms with Crippen LogP contribution in [0.5, 0.6) is 0 Å². The lowest BCUT2D eigenvalue weighted by Crippen LogP contribution is -2.08. The number of nitro groups is 1. The molecule has 0 aliphatic heterocycles. The molecule has 0 saturated heterocycles. The molecule has 8 heteroatoms. The number of furan rings is 1. The van der Waals surface area contributed by atoms with E-state index >= 15 is 0 Å². The Morgan fingerprint density at radius 3 is 2.88 bits per heavy atom. The van der Waals surface area contributed by atoms with Crippen LogP contribution < -0.4 is 5.76 Å². The molecule has 0 bridgehead atoms. The molecule has 0 aromatic carbocycles. The summed E-state index contributed by atoms with van der Waals surface area (Å²) in [5.41, 5.74) is 0. The average molecular weight is 223 g/mol. The molecule has 0 fully saturated rings. The van der Waals surface area contributed by atoms with Crippen LogP contribution in [0, 0.1) is 10.1 Å². The Morgan fingerprint density at radius 1 is 1.50 bits per heavy atom. The third-order valence-corrected chi connectivity index (χ3v) is 1.66. The van der Waals surface area contributed by atoms with Crippen molar-refractivity contribution in [3.63, 3.8) is 0 Å². The van der Waals surface area contributed by atoms with Gasteiger partial charge in [-0.3, -0.25) is 10.1 Å². The van der Waals surface area contributed by atoms with Crippen LogP contribution in [0.25, 0.3) is 0 Å². The van der Waals surface area contributed by atoms with E-state index in [0.717, 1.165) is 4.68 Å². The van der Waals surface area contributed by atoms with Gasteiger partial charge in [-0.25, -0.2) is 4.79 Å². The van der Waals surface area contributed by atoms with Gasteiger partial charge in [-0.15, -0.1) is 0 Å². The van der Waals surface area contributed by atoms with E-state index in [9.17, 15) is 14.9 Å². The third kappa shape index (κ3) is 1.90. The fourth-order valence-corrected chi connectivity index (χ4v) is 0.976. The third-order valence-electron chi connectivity index (χ3n) is 1.66. The van der Waals surface area contributed by atoms with Gasteiger partial charge in [0.15, 0.2) is 5.76 Å². The van der Waals surface area contributed by atoms with Gasteiger partial charge in [0.05, 0.1) is 18.5 Å². The van der Waals surface area contributed by atoms with Crippen LogP contribution in [0.2, 0.25) is 0 Å². The molecule has 0 amide bonds. The molecule has 0 radical (unpaired) electrons. The van der Waals surface area contributed by atoms with Crippen molar-refractivity contribution in [1.82, 2.24) is 4.68 Å². The van der Waals surface area contributed by atoms with Gasteiger partial charge in [0, 0.05) is 0 Å². The molecule has 0 saturated carbocycles. The highest BCUT2D eigenvalue weighted by molar-refractivity contribution is 5.76. The van der Waals surface area contributed by atoms with Crippen LogP contribution in [-0.4, -0.2) is 15.8 Å². The summed E-state index contributed by atoms with van der Waals surface area (Å²) in [6.07, 6.45) is 3.64. The molecule has 0 unspecified atom stereocenters. The topological polar surface area (TPSA) is 104 Å². The summed E-state index contributed by atoms with van der Waals surface area (Å²) < 4.78 is 10.2. The maximum atomic E-state index is 10.9. The molecule has 2 aromatic rings. The molecule has 0 aliphatic carbocycles. The molecule has 82 valence electrons. The van der Waals surface area contributed by atoms with E-state index in [1.54, 1.807) is 0 Å². The van der Waals surface area contributed by atoms with Crippen LogP contribution in [0.1, 0.15) is 5.76 Å². The van der Waals surface area contributed by atoms with E-state index in [1.807, 2.05) is 0 Å². The van der Waals surface area contributed by atoms with E-state index in [4.69, 9.17) is 4.42 Å². The van der Waals surface area contributed by atoms with Crippen molar-refractivity contribution < 1.29 is 13.8 Å². The van der Waals surface area contributed by atoms with Gasteiger partial charge in [-0.1, -0.05) is 0 Å². The first kappa shape index (κ1) is 9.90. The minimum atomic E-state index is -0.665. The maximum absolute atomic E-state index is 10.9. The zero-order chi connectivity index (χ0) is 11.5. The van der Waals surface area contributed by atoms with Crippen molar-refractivity contribution in [2.75, 3.05) is 0 Å². The normalized spacial score (nSPS) is 11.0. The molecule has 8 nitrogen and oxygen atoms in total. The predicted octanol–water partition coefficient (Wildman–Crippen LogP) is 0.825. The minimum Gasteiger partial charge on any atom is -0.415 e.